The van der Waals surface area contributed by atoms with Crippen molar-refractivity contribution in [3.8, 4) is 0 Å². The van der Waals surface area contributed by atoms with Crippen molar-refractivity contribution in [2.24, 2.45) is 5.92 Å². The summed E-state index contributed by atoms with van der Waals surface area (Å²) in [5, 5.41) is 0.0505. The molecule has 1 heterocycles. The summed E-state index contributed by atoms with van der Waals surface area (Å²) >= 11 is 6.13. The van der Waals surface area contributed by atoms with Crippen molar-refractivity contribution >= 4 is 17.4 Å². The third-order valence-corrected chi connectivity index (χ3v) is 3.25. The third kappa shape index (κ3) is 5.01. The minimum atomic E-state index is -0.0121. The molecule has 0 bridgehead atoms. The molecule has 2 atom stereocenters. The van der Waals surface area contributed by atoms with Gasteiger partial charge in [-0.3, -0.25) is 9.78 Å². The van der Waals surface area contributed by atoms with E-state index in [0.717, 1.165) is 19.3 Å². The van der Waals surface area contributed by atoms with Gasteiger partial charge in [-0.05, 0) is 37.5 Å². The predicted molar refractivity (Wildman–Crippen MR) is 76.0 cm³/mol. The summed E-state index contributed by atoms with van der Waals surface area (Å²) < 4.78 is 0. The number of aromatic nitrogens is 1. The number of carbonyl (C=O) groups is 1. The van der Waals surface area contributed by atoms with Gasteiger partial charge in [-0.1, -0.05) is 25.8 Å². The molecule has 1 rings (SSSR count). The zero-order valence-electron chi connectivity index (χ0n) is 11.0. The molecule has 0 N–H and O–H groups in total. The number of carbonyl (C=O) groups excluding carboxylic acids is 1. The predicted octanol–water partition coefficient (Wildman–Crippen LogP) is 4.25. The van der Waals surface area contributed by atoms with E-state index < -0.39 is 0 Å². The molecule has 0 spiro atoms. The van der Waals surface area contributed by atoms with Crippen LogP contribution in [0, 0.1) is 5.92 Å². The summed E-state index contributed by atoms with van der Waals surface area (Å²) in [4.78, 5) is 15.8. The van der Waals surface area contributed by atoms with E-state index in [1.807, 2.05) is 13.0 Å². The van der Waals surface area contributed by atoms with Gasteiger partial charge < -0.3 is 0 Å². The second kappa shape index (κ2) is 8.04. The Morgan fingerprint density at radius 2 is 2.33 bits per heavy atom. The quantitative estimate of drug-likeness (QED) is 0.419. The second-order valence-electron chi connectivity index (χ2n) is 4.45. The van der Waals surface area contributed by atoms with E-state index in [1.54, 1.807) is 30.6 Å². The van der Waals surface area contributed by atoms with Crippen LogP contribution in [0.5, 0.6) is 0 Å². The fourth-order valence-corrected chi connectivity index (χ4v) is 1.94. The van der Waals surface area contributed by atoms with Gasteiger partial charge in [-0.2, -0.15) is 0 Å². The third-order valence-electron chi connectivity index (χ3n) is 2.92. The molecule has 18 heavy (non-hydrogen) atoms. The molecule has 0 fully saturated rings. The van der Waals surface area contributed by atoms with Crippen LogP contribution >= 0.6 is 11.6 Å². The Morgan fingerprint density at radius 1 is 1.56 bits per heavy atom. The molecule has 98 valence electrons. The number of allylic oxidation sites excluding steroid dienone is 2. The van der Waals surface area contributed by atoms with E-state index in [2.05, 4.69) is 11.9 Å². The number of nitrogens with zero attached hydrogens (tertiary/aromatic N) is 1. The van der Waals surface area contributed by atoms with E-state index in [-0.39, 0.29) is 17.1 Å². The zero-order chi connectivity index (χ0) is 13.4. The molecule has 1 aromatic heterocycles. The molecule has 2 unspecified atom stereocenters. The number of unbranched alkanes of at least 4 members (excludes halogenated alkanes) is 1. The molecule has 0 aromatic carbocycles. The molecule has 0 saturated heterocycles. The van der Waals surface area contributed by atoms with Gasteiger partial charge in [0.05, 0.1) is 0 Å². The van der Waals surface area contributed by atoms with E-state index in [1.165, 1.54) is 0 Å². The van der Waals surface area contributed by atoms with Crippen LogP contribution in [0.3, 0.4) is 0 Å². The molecule has 0 saturated carbocycles. The van der Waals surface area contributed by atoms with Crippen molar-refractivity contribution in [3.63, 3.8) is 0 Å². The maximum Gasteiger partial charge on any atom is 0.187 e. The lowest BCUT2D eigenvalue weighted by atomic mass is 9.97. The van der Waals surface area contributed by atoms with Crippen molar-refractivity contribution in [3.05, 3.63) is 42.2 Å². The standard InChI is InChI=1S/C15H20ClNO/c1-3-4-6-13(12(2)16)8-9-15(18)14-7-5-10-17-11-14/h5,7-13H,3-4,6H2,1-2H3. The van der Waals surface area contributed by atoms with Crippen LogP contribution in [0.2, 0.25) is 0 Å². The van der Waals surface area contributed by atoms with Gasteiger partial charge in [-0.15, -0.1) is 11.6 Å². The topological polar surface area (TPSA) is 30.0 Å². The minimum absolute atomic E-state index is 0.0121. The van der Waals surface area contributed by atoms with Crippen LogP contribution in [-0.2, 0) is 0 Å². The Morgan fingerprint density at radius 3 is 2.89 bits per heavy atom. The molecule has 0 aliphatic heterocycles. The fourth-order valence-electron chi connectivity index (χ4n) is 1.73. The van der Waals surface area contributed by atoms with Gasteiger partial charge in [0.1, 0.15) is 0 Å². The van der Waals surface area contributed by atoms with Crippen molar-refractivity contribution in [2.45, 2.75) is 38.5 Å². The highest BCUT2D eigenvalue weighted by Crippen LogP contribution is 2.19. The van der Waals surface area contributed by atoms with E-state index >= 15 is 0 Å². The first-order valence-electron chi connectivity index (χ1n) is 6.41. The van der Waals surface area contributed by atoms with Gasteiger partial charge in [0.25, 0.3) is 0 Å². The molecule has 2 nitrogen and oxygen atoms in total. The Kier molecular flexibility index (Phi) is 6.66. The first kappa shape index (κ1) is 14.9. The molecule has 0 aliphatic carbocycles. The summed E-state index contributed by atoms with van der Waals surface area (Å²) in [6, 6.07) is 3.53. The lowest BCUT2D eigenvalue weighted by molar-refractivity contribution is 0.104. The average Bonchev–Trinajstić information content (AvgIpc) is 2.39. The first-order valence-corrected chi connectivity index (χ1v) is 6.85. The number of rotatable bonds is 7. The summed E-state index contributed by atoms with van der Waals surface area (Å²) in [6.45, 7) is 4.13. The molecular formula is C15H20ClNO. The van der Waals surface area contributed by atoms with Gasteiger partial charge in [0, 0.05) is 23.3 Å². The van der Waals surface area contributed by atoms with Crippen LogP contribution in [0.4, 0.5) is 0 Å². The SMILES string of the molecule is CCCCC(C=CC(=O)c1cccnc1)C(C)Cl. The largest absolute Gasteiger partial charge is 0.289 e. The molecule has 0 amide bonds. The van der Waals surface area contributed by atoms with Crippen LogP contribution in [-0.4, -0.2) is 16.1 Å². The maximum atomic E-state index is 11.9. The highest BCUT2D eigenvalue weighted by Gasteiger charge is 2.11. The fraction of sp³-hybridized carbons (Fsp3) is 0.467. The van der Waals surface area contributed by atoms with Gasteiger partial charge in [-0.25, -0.2) is 0 Å². The Bertz CT molecular complexity index is 387. The van der Waals surface area contributed by atoms with Crippen molar-refractivity contribution < 1.29 is 4.79 Å². The van der Waals surface area contributed by atoms with Crippen LogP contribution < -0.4 is 0 Å². The van der Waals surface area contributed by atoms with Crippen LogP contribution in [0.25, 0.3) is 0 Å². The normalized spacial score (nSPS) is 14.6. The second-order valence-corrected chi connectivity index (χ2v) is 5.14. The highest BCUT2D eigenvalue weighted by molar-refractivity contribution is 6.20. The number of hydrogen-bond donors (Lipinski definition) is 0. The van der Waals surface area contributed by atoms with E-state index in [9.17, 15) is 4.79 Å². The number of pyridine rings is 1. The number of alkyl halides is 1. The number of halogens is 1. The summed E-state index contributed by atoms with van der Waals surface area (Å²) in [7, 11) is 0. The Balaban J connectivity index is 2.63. The van der Waals surface area contributed by atoms with Gasteiger partial charge >= 0.3 is 0 Å². The van der Waals surface area contributed by atoms with Gasteiger partial charge in [0.2, 0.25) is 0 Å². The Hall–Kier alpha value is -1.15. The van der Waals surface area contributed by atoms with Crippen molar-refractivity contribution in [1.29, 1.82) is 0 Å². The lowest BCUT2D eigenvalue weighted by Crippen LogP contribution is -2.09. The number of hydrogen-bond acceptors (Lipinski definition) is 2. The minimum Gasteiger partial charge on any atom is -0.289 e. The van der Waals surface area contributed by atoms with Crippen LogP contribution in [0.1, 0.15) is 43.5 Å². The first-order chi connectivity index (χ1) is 8.65. The molecule has 0 aliphatic rings. The molecule has 0 radical (unpaired) electrons. The van der Waals surface area contributed by atoms with Crippen LogP contribution in [0.15, 0.2) is 36.7 Å². The number of ketones is 1. The van der Waals surface area contributed by atoms with Crippen molar-refractivity contribution in [2.75, 3.05) is 0 Å². The zero-order valence-corrected chi connectivity index (χ0v) is 11.7. The highest BCUT2D eigenvalue weighted by atomic mass is 35.5. The monoisotopic (exact) mass is 265 g/mol. The van der Waals surface area contributed by atoms with Crippen molar-refractivity contribution in [1.82, 2.24) is 4.98 Å². The van der Waals surface area contributed by atoms with Gasteiger partial charge in [0.15, 0.2) is 5.78 Å². The molecule has 3 heteroatoms. The Labute approximate surface area is 114 Å². The van der Waals surface area contributed by atoms with E-state index in [0.29, 0.717) is 5.56 Å². The lowest BCUT2D eigenvalue weighted by Gasteiger charge is -2.14. The maximum absolute atomic E-state index is 11.9. The molecule has 1 aromatic rings. The summed E-state index contributed by atoms with van der Waals surface area (Å²) in [5.41, 5.74) is 0.616. The van der Waals surface area contributed by atoms with E-state index in [4.69, 9.17) is 11.6 Å². The average molecular weight is 266 g/mol. The molecular weight excluding hydrogens is 246 g/mol. The summed E-state index contributed by atoms with van der Waals surface area (Å²) in [5.74, 6) is 0.245. The summed E-state index contributed by atoms with van der Waals surface area (Å²) in [6.07, 6.45) is 10.1. The smallest absolute Gasteiger partial charge is 0.187 e.